The van der Waals surface area contributed by atoms with Crippen molar-refractivity contribution in [2.24, 2.45) is 0 Å². The molecule has 0 amide bonds. The fraction of sp³-hybridized carbons (Fsp3) is 0.312. The zero-order valence-corrected chi connectivity index (χ0v) is 15.1. The third-order valence-electron chi connectivity index (χ3n) is 4.08. The molecule has 0 bridgehead atoms. The van der Waals surface area contributed by atoms with E-state index in [1.165, 1.54) is 3.57 Å². The summed E-state index contributed by atoms with van der Waals surface area (Å²) in [6, 6.07) is 6.39. The van der Waals surface area contributed by atoms with Gasteiger partial charge in [-0.2, -0.15) is 5.10 Å². The Balaban J connectivity index is 1.93. The molecule has 1 aliphatic rings. The molecule has 0 saturated carbocycles. The Kier molecular flexibility index (Phi) is 3.68. The van der Waals surface area contributed by atoms with Gasteiger partial charge in [0, 0.05) is 22.7 Å². The monoisotopic (exact) mass is 421 g/mol. The fourth-order valence-corrected chi connectivity index (χ4v) is 3.39. The summed E-state index contributed by atoms with van der Waals surface area (Å²) < 4.78 is 10.4. The Morgan fingerprint density at radius 3 is 3.04 bits per heavy atom. The van der Waals surface area contributed by atoms with Crippen LogP contribution in [0.5, 0.6) is 0 Å². The number of hydrogen-bond acceptors (Lipinski definition) is 4. The molecule has 4 rings (SSSR count). The van der Waals surface area contributed by atoms with E-state index in [1.54, 1.807) is 7.11 Å². The Morgan fingerprint density at radius 2 is 2.22 bits per heavy atom. The Morgan fingerprint density at radius 1 is 1.35 bits per heavy atom. The number of methoxy groups -OCH3 is 1. The van der Waals surface area contributed by atoms with Gasteiger partial charge in [0.05, 0.1) is 36.6 Å². The topological polar surface area (TPSA) is 57.8 Å². The van der Waals surface area contributed by atoms with E-state index in [1.807, 2.05) is 17.9 Å². The van der Waals surface area contributed by atoms with Gasteiger partial charge in [0.25, 0.3) is 0 Å². The van der Waals surface area contributed by atoms with Crippen LogP contribution in [0.4, 0.5) is 0 Å². The molecule has 118 valence electrons. The van der Waals surface area contributed by atoms with Crippen molar-refractivity contribution in [3.63, 3.8) is 0 Å². The van der Waals surface area contributed by atoms with Gasteiger partial charge >= 0.3 is 0 Å². The molecule has 7 heteroatoms. The van der Waals surface area contributed by atoms with Crippen LogP contribution in [0.3, 0.4) is 0 Å². The molecule has 0 N–H and O–H groups in total. The molecule has 0 aliphatic carbocycles. The third-order valence-corrected chi connectivity index (χ3v) is 4.75. The smallest absolute Gasteiger partial charge is 0.160 e. The van der Waals surface area contributed by atoms with Crippen molar-refractivity contribution in [1.29, 1.82) is 0 Å². The van der Waals surface area contributed by atoms with Gasteiger partial charge in [0.1, 0.15) is 0 Å². The minimum atomic E-state index is 0.625. The van der Waals surface area contributed by atoms with Crippen molar-refractivity contribution in [3.8, 4) is 17.1 Å². The molecule has 0 atom stereocenters. The third kappa shape index (κ3) is 2.47. The van der Waals surface area contributed by atoms with E-state index in [2.05, 4.69) is 55.4 Å². The molecule has 0 radical (unpaired) electrons. The molecule has 23 heavy (non-hydrogen) atoms. The number of hydrogen-bond donors (Lipinski definition) is 0. The van der Waals surface area contributed by atoms with Crippen LogP contribution < -0.4 is 0 Å². The standard InChI is InChI=1S/C16H16IN5O/c1-10-14-8-22-16(19-15(20-22)5-6-23-2)12-7-11(17)3-4-13(12)21(14)9-18-10/h3-4,7,9H,5-6,8H2,1-2H3. The summed E-state index contributed by atoms with van der Waals surface area (Å²) in [4.78, 5) is 9.23. The van der Waals surface area contributed by atoms with Crippen LogP contribution in [-0.4, -0.2) is 38.0 Å². The SMILES string of the molecule is COCCc1nc2n(n1)Cc1c(C)ncn1-c1ccc(I)cc1-2. The summed E-state index contributed by atoms with van der Waals surface area (Å²) in [6.45, 7) is 3.33. The van der Waals surface area contributed by atoms with E-state index < -0.39 is 0 Å². The summed E-state index contributed by atoms with van der Waals surface area (Å²) in [7, 11) is 1.70. The lowest BCUT2D eigenvalue weighted by Gasteiger charge is -2.08. The van der Waals surface area contributed by atoms with Crippen LogP contribution in [0.15, 0.2) is 24.5 Å². The maximum Gasteiger partial charge on any atom is 0.160 e. The molecular formula is C16H16IN5O. The van der Waals surface area contributed by atoms with Crippen molar-refractivity contribution in [1.82, 2.24) is 24.3 Å². The Bertz CT molecular complexity index is 883. The summed E-state index contributed by atoms with van der Waals surface area (Å²) in [5, 5.41) is 4.68. The van der Waals surface area contributed by atoms with Crippen LogP contribution in [0, 0.1) is 10.5 Å². The zero-order chi connectivity index (χ0) is 16.0. The van der Waals surface area contributed by atoms with Crippen LogP contribution in [0.25, 0.3) is 17.1 Å². The minimum absolute atomic E-state index is 0.625. The number of benzene rings is 1. The quantitative estimate of drug-likeness (QED) is 0.478. The largest absolute Gasteiger partial charge is 0.384 e. The van der Waals surface area contributed by atoms with Gasteiger partial charge in [-0.25, -0.2) is 14.6 Å². The molecule has 1 aliphatic heterocycles. The second-order valence-corrected chi connectivity index (χ2v) is 6.81. The molecule has 0 unspecified atom stereocenters. The lowest BCUT2D eigenvalue weighted by molar-refractivity contribution is 0.200. The van der Waals surface area contributed by atoms with Gasteiger partial charge in [0.2, 0.25) is 0 Å². The van der Waals surface area contributed by atoms with E-state index >= 15 is 0 Å². The van der Waals surface area contributed by atoms with Gasteiger partial charge in [-0.05, 0) is 47.7 Å². The molecule has 1 aromatic carbocycles. The average Bonchev–Trinajstić information content (AvgIpc) is 3.07. The molecule has 0 spiro atoms. The molecular weight excluding hydrogens is 405 g/mol. The number of ether oxygens (including phenoxy) is 1. The van der Waals surface area contributed by atoms with Crippen molar-refractivity contribution in [2.45, 2.75) is 19.9 Å². The van der Waals surface area contributed by atoms with Crippen LogP contribution in [0.1, 0.15) is 17.2 Å². The maximum atomic E-state index is 5.15. The highest BCUT2D eigenvalue weighted by Crippen LogP contribution is 2.32. The lowest BCUT2D eigenvalue weighted by atomic mass is 10.1. The van der Waals surface area contributed by atoms with E-state index in [4.69, 9.17) is 9.72 Å². The second-order valence-electron chi connectivity index (χ2n) is 5.56. The first-order valence-electron chi connectivity index (χ1n) is 7.43. The maximum absolute atomic E-state index is 5.15. The first-order valence-corrected chi connectivity index (χ1v) is 8.51. The van der Waals surface area contributed by atoms with Crippen molar-refractivity contribution >= 4 is 22.6 Å². The van der Waals surface area contributed by atoms with Crippen LogP contribution in [0.2, 0.25) is 0 Å². The summed E-state index contributed by atoms with van der Waals surface area (Å²) >= 11 is 2.33. The molecule has 0 fully saturated rings. The number of fused-ring (bicyclic) bond motifs is 5. The number of halogens is 1. The van der Waals surface area contributed by atoms with Gasteiger partial charge in [-0.15, -0.1) is 0 Å². The highest BCUT2D eigenvalue weighted by molar-refractivity contribution is 14.1. The number of nitrogens with zero attached hydrogens (tertiary/aromatic N) is 5. The molecule has 3 aromatic rings. The van der Waals surface area contributed by atoms with E-state index in [-0.39, 0.29) is 0 Å². The van der Waals surface area contributed by atoms with Crippen LogP contribution in [-0.2, 0) is 17.7 Å². The second kappa shape index (κ2) is 5.72. The van der Waals surface area contributed by atoms with E-state index in [9.17, 15) is 0 Å². The number of aromatic nitrogens is 5. The lowest BCUT2D eigenvalue weighted by Crippen LogP contribution is -2.06. The summed E-state index contributed by atoms with van der Waals surface area (Å²) in [5.41, 5.74) is 4.36. The predicted molar refractivity (Wildman–Crippen MR) is 94.7 cm³/mol. The Labute approximate surface area is 147 Å². The van der Waals surface area contributed by atoms with Gasteiger partial charge in [-0.1, -0.05) is 0 Å². The number of aryl methyl sites for hydroxylation is 1. The van der Waals surface area contributed by atoms with Gasteiger partial charge in [-0.3, -0.25) is 0 Å². The number of rotatable bonds is 3. The molecule has 0 saturated heterocycles. The van der Waals surface area contributed by atoms with Gasteiger partial charge in [0.15, 0.2) is 11.6 Å². The van der Waals surface area contributed by atoms with Crippen molar-refractivity contribution in [2.75, 3.05) is 13.7 Å². The van der Waals surface area contributed by atoms with Crippen molar-refractivity contribution in [3.05, 3.63) is 45.3 Å². The fourth-order valence-electron chi connectivity index (χ4n) is 2.90. The first kappa shape index (κ1) is 14.8. The molecule has 6 nitrogen and oxygen atoms in total. The van der Waals surface area contributed by atoms with E-state index in [0.29, 0.717) is 19.6 Å². The predicted octanol–water partition coefficient (Wildman–Crippen LogP) is 2.59. The average molecular weight is 421 g/mol. The first-order chi connectivity index (χ1) is 11.2. The highest BCUT2D eigenvalue weighted by Gasteiger charge is 2.23. The minimum Gasteiger partial charge on any atom is -0.384 e. The van der Waals surface area contributed by atoms with Crippen LogP contribution >= 0.6 is 22.6 Å². The Hall–Kier alpha value is -1.74. The van der Waals surface area contributed by atoms with Gasteiger partial charge < -0.3 is 9.30 Å². The molecule has 2 aromatic heterocycles. The molecule has 3 heterocycles. The zero-order valence-electron chi connectivity index (χ0n) is 13.0. The normalized spacial score (nSPS) is 12.5. The highest BCUT2D eigenvalue weighted by atomic mass is 127. The van der Waals surface area contributed by atoms with E-state index in [0.717, 1.165) is 34.3 Å². The number of imidazole rings is 1. The summed E-state index contributed by atoms with van der Waals surface area (Å²) in [5.74, 6) is 1.73. The summed E-state index contributed by atoms with van der Waals surface area (Å²) in [6.07, 6.45) is 2.60. The van der Waals surface area contributed by atoms with Crippen molar-refractivity contribution < 1.29 is 4.74 Å².